The molecule has 2 amide bonds. The van der Waals surface area contributed by atoms with Gasteiger partial charge in [-0.15, -0.1) is 11.8 Å². The first-order valence-corrected chi connectivity index (χ1v) is 12.0. The van der Waals surface area contributed by atoms with E-state index in [4.69, 9.17) is 0 Å². The molecule has 0 radical (unpaired) electrons. The molecule has 2 aliphatic rings. The lowest BCUT2D eigenvalue weighted by molar-refractivity contribution is -0.135. The summed E-state index contributed by atoms with van der Waals surface area (Å²) >= 11 is 5.18. The molecule has 1 N–H and O–H groups in total. The zero-order chi connectivity index (χ0) is 20.9. The van der Waals surface area contributed by atoms with E-state index in [0.29, 0.717) is 11.8 Å². The third kappa shape index (κ3) is 5.16. The maximum Gasteiger partial charge on any atom is 0.261 e. The van der Waals surface area contributed by atoms with Crippen molar-refractivity contribution in [2.24, 2.45) is 0 Å². The summed E-state index contributed by atoms with van der Waals surface area (Å²) in [5.74, 6) is -0.136. The Bertz CT molecular complexity index is 947. The minimum Gasteiger partial charge on any atom is -0.350 e. The van der Waals surface area contributed by atoms with Crippen LogP contribution < -0.4 is 5.32 Å². The standard InChI is InChI=1S/C24H25BrN2O2S/c25-19-10-6-9-18(13-19)14-22-24(29)27(20-11-4-5-12-21(20)30-22)16-23(28)26-15-17-7-2-1-3-8-17/h1-3,6-10,13-14,20-21H,4-5,11-12,15-16H2,(H,26,28)/b22-14+. The predicted molar refractivity (Wildman–Crippen MR) is 126 cm³/mol. The van der Waals surface area contributed by atoms with E-state index in [2.05, 4.69) is 21.2 Å². The second-order valence-corrected chi connectivity index (χ2v) is 9.96. The Balaban J connectivity index is 1.50. The molecule has 4 rings (SSSR count). The Kier molecular flexibility index (Phi) is 6.95. The number of carbonyl (C=O) groups excluding carboxylic acids is 2. The second-order valence-electron chi connectivity index (χ2n) is 7.77. The minimum absolute atomic E-state index is 0.0296. The van der Waals surface area contributed by atoms with Crippen molar-refractivity contribution in [2.75, 3.05) is 6.54 Å². The molecule has 0 spiro atoms. The van der Waals surface area contributed by atoms with Crippen LogP contribution >= 0.6 is 27.7 Å². The minimum atomic E-state index is -0.106. The Morgan fingerprint density at radius 3 is 2.73 bits per heavy atom. The van der Waals surface area contributed by atoms with Crippen LogP contribution in [0.25, 0.3) is 6.08 Å². The third-order valence-electron chi connectivity index (χ3n) is 5.61. The number of rotatable bonds is 5. The first-order chi connectivity index (χ1) is 14.6. The summed E-state index contributed by atoms with van der Waals surface area (Å²) in [6, 6.07) is 17.9. The van der Waals surface area contributed by atoms with Crippen LogP contribution in [0.4, 0.5) is 0 Å². The number of fused-ring (bicyclic) bond motifs is 1. The van der Waals surface area contributed by atoms with E-state index in [1.165, 1.54) is 6.42 Å². The van der Waals surface area contributed by atoms with Gasteiger partial charge in [0.05, 0.1) is 4.91 Å². The Morgan fingerprint density at radius 1 is 1.13 bits per heavy atom. The molecule has 4 nitrogen and oxygen atoms in total. The lowest BCUT2D eigenvalue weighted by Gasteiger charge is -2.43. The molecule has 156 valence electrons. The predicted octanol–water partition coefficient (Wildman–Crippen LogP) is 4.99. The molecule has 2 unspecified atom stereocenters. The first kappa shape index (κ1) is 21.2. The molecule has 1 heterocycles. The number of amides is 2. The van der Waals surface area contributed by atoms with Gasteiger partial charge in [0.25, 0.3) is 5.91 Å². The summed E-state index contributed by atoms with van der Waals surface area (Å²) in [4.78, 5) is 28.5. The van der Waals surface area contributed by atoms with Crippen molar-refractivity contribution in [3.05, 3.63) is 75.1 Å². The molecule has 30 heavy (non-hydrogen) atoms. The van der Waals surface area contributed by atoms with E-state index >= 15 is 0 Å². The van der Waals surface area contributed by atoms with Crippen molar-refractivity contribution in [1.29, 1.82) is 0 Å². The smallest absolute Gasteiger partial charge is 0.261 e. The molecule has 1 aliphatic carbocycles. The van der Waals surface area contributed by atoms with Gasteiger partial charge in [0.1, 0.15) is 6.54 Å². The van der Waals surface area contributed by atoms with Crippen molar-refractivity contribution in [2.45, 2.75) is 43.5 Å². The first-order valence-electron chi connectivity index (χ1n) is 10.4. The topological polar surface area (TPSA) is 49.4 Å². The second kappa shape index (κ2) is 9.84. The van der Waals surface area contributed by atoms with Gasteiger partial charge < -0.3 is 10.2 Å². The molecule has 1 saturated heterocycles. The van der Waals surface area contributed by atoms with Crippen LogP contribution in [0.15, 0.2) is 64.0 Å². The summed E-state index contributed by atoms with van der Waals surface area (Å²) in [6.07, 6.45) is 6.31. The molecule has 2 atom stereocenters. The monoisotopic (exact) mass is 484 g/mol. The number of thioether (sulfide) groups is 1. The fraction of sp³-hybridized carbons (Fsp3) is 0.333. The highest BCUT2D eigenvalue weighted by Gasteiger charge is 2.41. The summed E-state index contributed by atoms with van der Waals surface area (Å²) < 4.78 is 0.984. The van der Waals surface area contributed by atoms with Gasteiger partial charge in [-0.05, 0) is 42.2 Å². The van der Waals surface area contributed by atoms with Crippen LogP contribution in [0.3, 0.4) is 0 Å². The van der Waals surface area contributed by atoms with Crippen molar-refractivity contribution >= 4 is 45.6 Å². The lowest BCUT2D eigenvalue weighted by atomic mass is 9.93. The van der Waals surface area contributed by atoms with Crippen molar-refractivity contribution in [3.63, 3.8) is 0 Å². The zero-order valence-electron chi connectivity index (χ0n) is 16.7. The molecule has 2 aromatic rings. The lowest BCUT2D eigenvalue weighted by Crippen LogP contribution is -2.54. The fourth-order valence-corrected chi connectivity index (χ4v) is 6.01. The summed E-state index contributed by atoms with van der Waals surface area (Å²) in [7, 11) is 0. The summed E-state index contributed by atoms with van der Waals surface area (Å²) in [5, 5.41) is 3.33. The van der Waals surface area contributed by atoms with Crippen LogP contribution in [0, 0.1) is 0 Å². The van der Waals surface area contributed by atoms with Crippen molar-refractivity contribution in [3.8, 4) is 0 Å². The van der Waals surface area contributed by atoms with Crippen molar-refractivity contribution < 1.29 is 9.59 Å². The Morgan fingerprint density at radius 2 is 1.93 bits per heavy atom. The largest absolute Gasteiger partial charge is 0.350 e. The maximum atomic E-state index is 13.3. The quantitative estimate of drug-likeness (QED) is 0.607. The molecule has 0 aromatic heterocycles. The average molecular weight is 485 g/mol. The van der Waals surface area contributed by atoms with Gasteiger partial charge in [-0.3, -0.25) is 9.59 Å². The molecule has 1 aliphatic heterocycles. The molecule has 6 heteroatoms. The van der Waals surface area contributed by atoms with E-state index in [9.17, 15) is 9.59 Å². The van der Waals surface area contributed by atoms with E-state index in [1.54, 1.807) is 11.8 Å². The van der Waals surface area contributed by atoms with Gasteiger partial charge in [-0.2, -0.15) is 0 Å². The summed E-state index contributed by atoms with van der Waals surface area (Å²) in [6.45, 7) is 0.592. The van der Waals surface area contributed by atoms with E-state index in [0.717, 1.165) is 39.8 Å². The maximum absolute atomic E-state index is 13.3. The highest BCUT2D eigenvalue weighted by Crippen LogP contribution is 2.42. The number of halogens is 1. The van der Waals surface area contributed by atoms with Crippen LogP contribution in [0.2, 0.25) is 0 Å². The number of hydrogen-bond donors (Lipinski definition) is 1. The van der Waals surface area contributed by atoms with Gasteiger partial charge in [0.15, 0.2) is 0 Å². The Hall–Kier alpha value is -2.05. The number of nitrogens with one attached hydrogen (secondary N) is 1. The van der Waals surface area contributed by atoms with Crippen LogP contribution in [-0.2, 0) is 16.1 Å². The Labute approximate surface area is 190 Å². The number of carbonyl (C=O) groups is 2. The molecule has 2 fully saturated rings. The van der Waals surface area contributed by atoms with Gasteiger partial charge in [-0.1, -0.05) is 71.2 Å². The average Bonchev–Trinajstić information content (AvgIpc) is 2.76. The number of benzene rings is 2. The van der Waals surface area contributed by atoms with Crippen LogP contribution in [0.5, 0.6) is 0 Å². The highest BCUT2D eigenvalue weighted by atomic mass is 79.9. The summed E-state index contributed by atoms with van der Waals surface area (Å²) in [5.41, 5.74) is 2.04. The van der Waals surface area contributed by atoms with Crippen molar-refractivity contribution in [1.82, 2.24) is 10.2 Å². The van der Waals surface area contributed by atoms with Gasteiger partial charge in [0.2, 0.25) is 5.91 Å². The number of hydrogen-bond acceptors (Lipinski definition) is 3. The molecular weight excluding hydrogens is 460 g/mol. The van der Waals surface area contributed by atoms with Gasteiger partial charge >= 0.3 is 0 Å². The molecule has 1 saturated carbocycles. The van der Waals surface area contributed by atoms with Gasteiger partial charge in [0, 0.05) is 22.3 Å². The molecule has 0 bridgehead atoms. The molecular formula is C24H25BrN2O2S. The van der Waals surface area contributed by atoms with Gasteiger partial charge in [-0.25, -0.2) is 0 Å². The van der Waals surface area contributed by atoms with E-state index in [-0.39, 0.29) is 24.4 Å². The third-order valence-corrected chi connectivity index (χ3v) is 7.50. The normalized spacial score (nSPS) is 22.6. The van der Waals surface area contributed by atoms with Crippen LogP contribution in [-0.4, -0.2) is 34.6 Å². The van der Waals surface area contributed by atoms with E-state index < -0.39 is 0 Å². The number of nitrogens with zero attached hydrogens (tertiary/aromatic N) is 1. The zero-order valence-corrected chi connectivity index (χ0v) is 19.1. The van der Waals surface area contributed by atoms with E-state index in [1.807, 2.05) is 65.6 Å². The SMILES string of the molecule is O=C(CN1C(=O)/C(=C\c2cccc(Br)c2)SC2CCCCC21)NCc1ccccc1. The highest BCUT2D eigenvalue weighted by molar-refractivity contribution is 9.10. The van der Waals surface area contributed by atoms with Crippen LogP contribution in [0.1, 0.15) is 36.8 Å². The molecule has 2 aromatic carbocycles. The fourth-order valence-electron chi connectivity index (χ4n) is 4.12.